The molecule has 0 saturated heterocycles. The zero-order valence-electron chi connectivity index (χ0n) is 20.0. The van der Waals surface area contributed by atoms with Crippen molar-refractivity contribution < 1.29 is 9.59 Å². The molecule has 4 rings (SSSR count). The number of amides is 3. The highest BCUT2D eigenvalue weighted by molar-refractivity contribution is 6.01. The molecule has 6 nitrogen and oxygen atoms in total. The highest BCUT2D eigenvalue weighted by Gasteiger charge is 2.25. The number of anilines is 2. The summed E-state index contributed by atoms with van der Waals surface area (Å²) in [4.78, 5) is 31.0. The minimum atomic E-state index is -0.0980. The first-order valence-electron chi connectivity index (χ1n) is 12.3. The molecule has 1 aliphatic rings. The van der Waals surface area contributed by atoms with Gasteiger partial charge in [0.2, 0.25) is 5.91 Å². The maximum absolute atomic E-state index is 13.2. The highest BCUT2D eigenvalue weighted by atomic mass is 16.2. The number of benzene rings is 2. The molecule has 2 aromatic carbocycles. The fourth-order valence-corrected chi connectivity index (χ4v) is 4.29. The van der Waals surface area contributed by atoms with Crippen molar-refractivity contribution in [2.45, 2.75) is 38.5 Å². The fraction of sp³-hybridized carbons (Fsp3) is 0.276. The molecule has 180 valence electrons. The van der Waals surface area contributed by atoms with Crippen molar-refractivity contribution in [1.29, 1.82) is 0 Å². The number of hydrogen-bond donors (Lipinski definition) is 2. The minimum Gasteiger partial charge on any atom is -0.353 e. The van der Waals surface area contributed by atoms with Gasteiger partial charge in [-0.25, -0.2) is 4.79 Å². The summed E-state index contributed by atoms with van der Waals surface area (Å²) in [5, 5.41) is 6.01. The van der Waals surface area contributed by atoms with Crippen molar-refractivity contribution >= 4 is 29.4 Å². The van der Waals surface area contributed by atoms with Crippen LogP contribution in [0.2, 0.25) is 0 Å². The summed E-state index contributed by atoms with van der Waals surface area (Å²) in [6, 6.07) is 20.0. The number of nitrogens with zero attached hydrogens (tertiary/aromatic N) is 2. The number of nitrogens with one attached hydrogen (secondary N) is 2. The molecular weight excluding hydrogens is 436 g/mol. The lowest BCUT2D eigenvalue weighted by molar-refractivity contribution is -0.116. The molecule has 0 unspecified atom stereocenters. The van der Waals surface area contributed by atoms with Gasteiger partial charge in [0.15, 0.2) is 0 Å². The van der Waals surface area contributed by atoms with E-state index < -0.39 is 0 Å². The largest absolute Gasteiger partial charge is 0.353 e. The van der Waals surface area contributed by atoms with Crippen molar-refractivity contribution in [3.8, 4) is 0 Å². The Bertz CT molecular complexity index is 1110. The van der Waals surface area contributed by atoms with E-state index in [0.717, 1.165) is 55.5 Å². The molecule has 1 aromatic heterocycles. The van der Waals surface area contributed by atoms with E-state index in [2.05, 4.69) is 27.8 Å². The lowest BCUT2D eigenvalue weighted by Gasteiger charge is -2.25. The average molecular weight is 469 g/mol. The third-order valence-corrected chi connectivity index (χ3v) is 6.12. The van der Waals surface area contributed by atoms with Crippen LogP contribution in [0.15, 0.2) is 79.1 Å². The van der Waals surface area contributed by atoms with E-state index >= 15 is 0 Å². The number of pyridine rings is 1. The van der Waals surface area contributed by atoms with Crippen LogP contribution in [0.1, 0.15) is 42.4 Å². The molecule has 3 amide bonds. The van der Waals surface area contributed by atoms with Crippen LogP contribution in [0.25, 0.3) is 6.08 Å². The third kappa shape index (κ3) is 6.79. The number of rotatable bonds is 9. The molecule has 6 heteroatoms. The van der Waals surface area contributed by atoms with Crippen molar-refractivity contribution in [1.82, 2.24) is 15.6 Å². The number of carbonyl (C=O) groups excluding carboxylic acids is 2. The molecule has 0 radical (unpaired) electrons. The molecule has 0 fully saturated rings. The first-order valence-corrected chi connectivity index (χ1v) is 12.3. The maximum atomic E-state index is 13.2. The quantitative estimate of drug-likeness (QED) is 0.325. The van der Waals surface area contributed by atoms with E-state index in [4.69, 9.17) is 0 Å². The van der Waals surface area contributed by atoms with E-state index in [0.29, 0.717) is 13.1 Å². The molecule has 3 aromatic rings. The summed E-state index contributed by atoms with van der Waals surface area (Å²) in [6.07, 6.45) is 12.4. The van der Waals surface area contributed by atoms with Crippen LogP contribution in [0.3, 0.4) is 0 Å². The SMILES string of the molecule is O=C(/C=C\c1cccnc1)NCCCCCCNC(=O)N1c2ccccc2CCc2ccccc21. The Labute approximate surface area is 207 Å². The van der Waals surface area contributed by atoms with Crippen molar-refractivity contribution in [3.05, 3.63) is 95.8 Å². The number of hydrogen-bond acceptors (Lipinski definition) is 3. The molecule has 0 bridgehead atoms. The number of aromatic nitrogens is 1. The van der Waals surface area contributed by atoms with Crippen molar-refractivity contribution in [2.24, 2.45) is 0 Å². The molecule has 2 N–H and O–H groups in total. The molecule has 2 heterocycles. The van der Waals surface area contributed by atoms with E-state index in [1.165, 1.54) is 17.2 Å². The van der Waals surface area contributed by atoms with Crippen molar-refractivity contribution in [3.63, 3.8) is 0 Å². The van der Waals surface area contributed by atoms with Crippen LogP contribution in [-0.4, -0.2) is 30.0 Å². The van der Waals surface area contributed by atoms with Gasteiger partial charge in [0, 0.05) is 31.6 Å². The monoisotopic (exact) mass is 468 g/mol. The Kier molecular flexibility index (Phi) is 8.65. The van der Waals surface area contributed by atoms with E-state index in [1.807, 2.05) is 53.4 Å². The summed E-state index contributed by atoms with van der Waals surface area (Å²) in [5.74, 6) is -0.0980. The number of para-hydroxylation sites is 2. The summed E-state index contributed by atoms with van der Waals surface area (Å²) >= 11 is 0. The van der Waals surface area contributed by atoms with Gasteiger partial charge in [-0.1, -0.05) is 55.3 Å². The third-order valence-electron chi connectivity index (χ3n) is 6.12. The van der Waals surface area contributed by atoms with Crippen LogP contribution < -0.4 is 15.5 Å². The van der Waals surface area contributed by atoms with Gasteiger partial charge in [0.05, 0.1) is 11.4 Å². The maximum Gasteiger partial charge on any atom is 0.326 e. The normalized spacial score (nSPS) is 12.5. The van der Waals surface area contributed by atoms with Crippen LogP contribution in [0.4, 0.5) is 16.2 Å². The lowest BCUT2D eigenvalue weighted by Crippen LogP contribution is -2.37. The topological polar surface area (TPSA) is 74.3 Å². The van der Waals surface area contributed by atoms with Crippen LogP contribution in [0, 0.1) is 0 Å². The van der Waals surface area contributed by atoms with Crippen molar-refractivity contribution in [2.75, 3.05) is 18.0 Å². The van der Waals surface area contributed by atoms with Gasteiger partial charge in [-0.15, -0.1) is 0 Å². The second kappa shape index (κ2) is 12.5. The molecular formula is C29H32N4O2. The zero-order valence-corrected chi connectivity index (χ0v) is 20.0. The Morgan fingerprint density at radius 3 is 2.06 bits per heavy atom. The second-order valence-corrected chi connectivity index (χ2v) is 8.65. The summed E-state index contributed by atoms with van der Waals surface area (Å²) in [5.41, 5.74) is 5.20. The fourth-order valence-electron chi connectivity index (χ4n) is 4.29. The van der Waals surface area contributed by atoms with E-state index in [-0.39, 0.29) is 11.9 Å². The molecule has 0 atom stereocenters. The number of aryl methyl sites for hydroxylation is 2. The van der Waals surface area contributed by atoms with Gasteiger partial charge in [0.25, 0.3) is 0 Å². The highest BCUT2D eigenvalue weighted by Crippen LogP contribution is 2.35. The zero-order chi connectivity index (χ0) is 24.3. The smallest absolute Gasteiger partial charge is 0.326 e. The predicted molar refractivity (Wildman–Crippen MR) is 141 cm³/mol. The van der Waals surface area contributed by atoms with Gasteiger partial charge in [-0.05, 0) is 66.6 Å². The number of fused-ring (bicyclic) bond motifs is 2. The molecule has 1 aliphatic heterocycles. The second-order valence-electron chi connectivity index (χ2n) is 8.65. The van der Waals surface area contributed by atoms with Gasteiger partial charge in [-0.3, -0.25) is 14.7 Å². The minimum absolute atomic E-state index is 0.0838. The molecule has 0 saturated carbocycles. The van der Waals surface area contributed by atoms with E-state index in [9.17, 15) is 9.59 Å². The number of urea groups is 1. The van der Waals surface area contributed by atoms with Crippen LogP contribution >= 0.6 is 0 Å². The summed E-state index contributed by atoms with van der Waals surface area (Å²) in [6.45, 7) is 1.27. The summed E-state index contributed by atoms with van der Waals surface area (Å²) < 4.78 is 0. The van der Waals surface area contributed by atoms with Gasteiger partial charge in [0.1, 0.15) is 0 Å². The Balaban J connectivity index is 1.18. The Hall–Kier alpha value is -3.93. The standard InChI is InChI=1S/C29H32N4O2/c34-28(18-15-23-10-9-19-30-22-23)31-20-7-1-2-8-21-32-29(35)33-26-13-5-3-11-24(26)16-17-25-12-4-6-14-27(25)33/h3-6,9-15,18-19,22H,1-2,7-8,16-17,20-21H2,(H,31,34)(H,32,35)/b18-15-. The Morgan fingerprint density at radius 2 is 1.43 bits per heavy atom. The van der Waals surface area contributed by atoms with Crippen LogP contribution in [0.5, 0.6) is 0 Å². The predicted octanol–water partition coefficient (Wildman–Crippen LogP) is 5.42. The first kappa shape index (κ1) is 24.2. The average Bonchev–Trinajstić information content (AvgIpc) is 3.06. The van der Waals surface area contributed by atoms with Crippen LogP contribution in [-0.2, 0) is 17.6 Å². The summed E-state index contributed by atoms with van der Waals surface area (Å²) in [7, 11) is 0. The van der Waals surface area contributed by atoms with Gasteiger partial charge in [-0.2, -0.15) is 0 Å². The molecule has 0 aliphatic carbocycles. The van der Waals surface area contributed by atoms with E-state index in [1.54, 1.807) is 18.5 Å². The first-order chi connectivity index (χ1) is 17.2. The lowest BCUT2D eigenvalue weighted by atomic mass is 10.0. The van der Waals surface area contributed by atoms with Gasteiger partial charge < -0.3 is 10.6 Å². The molecule has 35 heavy (non-hydrogen) atoms. The molecule has 0 spiro atoms. The Morgan fingerprint density at radius 1 is 0.800 bits per heavy atom. The number of carbonyl (C=O) groups is 2. The number of unbranched alkanes of at least 4 members (excludes halogenated alkanes) is 3. The van der Waals surface area contributed by atoms with Gasteiger partial charge >= 0.3 is 6.03 Å².